The zero-order valence-electron chi connectivity index (χ0n) is 16.5. The first-order valence-electron chi connectivity index (χ1n) is 8.74. The molecule has 6 nitrogen and oxygen atoms in total. The largest absolute Gasteiger partial charge is 0.496 e. The van der Waals surface area contributed by atoms with E-state index < -0.39 is 0 Å². The van der Waals surface area contributed by atoms with E-state index in [1.165, 1.54) is 21.1 Å². The van der Waals surface area contributed by atoms with Gasteiger partial charge < -0.3 is 19.7 Å². The minimum Gasteiger partial charge on any atom is -0.496 e. The van der Waals surface area contributed by atoms with Gasteiger partial charge in [-0.25, -0.2) is 0 Å². The number of methoxy groups -OCH3 is 2. The number of rotatable bonds is 7. The molecular weight excluding hydrogens is 344 g/mol. The molecule has 2 aromatic carbocycles. The predicted octanol–water partition coefficient (Wildman–Crippen LogP) is 3.10. The van der Waals surface area contributed by atoms with Crippen molar-refractivity contribution in [1.82, 2.24) is 5.32 Å². The SMILES string of the molecule is COc1cccc(OC)c1C(=O)NCCN(C(C)=O)c1cccc(C)c1C. The van der Waals surface area contributed by atoms with Crippen molar-refractivity contribution in [1.29, 1.82) is 0 Å². The predicted molar refractivity (Wildman–Crippen MR) is 106 cm³/mol. The van der Waals surface area contributed by atoms with Gasteiger partial charge in [0.15, 0.2) is 0 Å². The van der Waals surface area contributed by atoms with Crippen LogP contribution in [0, 0.1) is 13.8 Å². The van der Waals surface area contributed by atoms with Crippen LogP contribution in [0.5, 0.6) is 11.5 Å². The Balaban J connectivity index is 2.13. The van der Waals surface area contributed by atoms with Crippen LogP contribution in [0.2, 0.25) is 0 Å². The fraction of sp³-hybridized carbons (Fsp3) is 0.333. The molecule has 1 N–H and O–H groups in total. The van der Waals surface area contributed by atoms with Gasteiger partial charge in [-0.15, -0.1) is 0 Å². The van der Waals surface area contributed by atoms with Gasteiger partial charge >= 0.3 is 0 Å². The number of nitrogens with one attached hydrogen (secondary N) is 1. The highest BCUT2D eigenvalue weighted by atomic mass is 16.5. The third-order valence-electron chi connectivity index (χ3n) is 4.52. The van der Waals surface area contributed by atoms with Crippen LogP contribution in [-0.4, -0.2) is 39.1 Å². The lowest BCUT2D eigenvalue weighted by molar-refractivity contribution is -0.116. The van der Waals surface area contributed by atoms with Crippen molar-refractivity contribution in [3.63, 3.8) is 0 Å². The van der Waals surface area contributed by atoms with E-state index in [-0.39, 0.29) is 11.8 Å². The zero-order chi connectivity index (χ0) is 20.0. The van der Waals surface area contributed by atoms with Crippen LogP contribution in [0.3, 0.4) is 0 Å². The van der Waals surface area contributed by atoms with Crippen molar-refractivity contribution in [3.05, 3.63) is 53.1 Å². The average Bonchev–Trinajstić information content (AvgIpc) is 2.66. The highest BCUT2D eigenvalue weighted by Gasteiger charge is 2.19. The molecule has 0 aromatic heterocycles. The summed E-state index contributed by atoms with van der Waals surface area (Å²) in [7, 11) is 3.01. The molecule has 0 radical (unpaired) electrons. The molecule has 0 fully saturated rings. The Labute approximate surface area is 160 Å². The van der Waals surface area contributed by atoms with E-state index >= 15 is 0 Å². The van der Waals surface area contributed by atoms with Crippen LogP contribution in [0.1, 0.15) is 28.4 Å². The van der Waals surface area contributed by atoms with Gasteiger partial charge in [0.1, 0.15) is 17.1 Å². The van der Waals surface area contributed by atoms with Crippen LogP contribution in [-0.2, 0) is 4.79 Å². The molecule has 0 heterocycles. The normalized spacial score (nSPS) is 10.3. The molecular formula is C21H26N2O4. The summed E-state index contributed by atoms with van der Waals surface area (Å²) in [6, 6.07) is 11.0. The fourth-order valence-electron chi connectivity index (χ4n) is 2.92. The minimum absolute atomic E-state index is 0.0761. The highest BCUT2D eigenvalue weighted by molar-refractivity contribution is 6.00. The molecule has 2 aromatic rings. The standard InChI is InChI=1S/C21H26N2O4/c1-14-8-6-9-17(15(14)2)23(16(3)24)13-12-22-21(25)20-18(26-4)10-7-11-19(20)27-5/h6-11H,12-13H2,1-5H3,(H,22,25). The molecule has 6 heteroatoms. The van der Waals surface area contributed by atoms with E-state index in [0.29, 0.717) is 30.2 Å². The Hall–Kier alpha value is -3.02. The van der Waals surface area contributed by atoms with Gasteiger partial charge in [-0.1, -0.05) is 18.2 Å². The van der Waals surface area contributed by atoms with Crippen LogP contribution >= 0.6 is 0 Å². The molecule has 0 spiro atoms. The Kier molecular flexibility index (Phi) is 6.82. The molecule has 0 unspecified atom stereocenters. The Bertz CT molecular complexity index is 811. The molecule has 0 aliphatic carbocycles. The van der Waals surface area contributed by atoms with Crippen LogP contribution in [0.15, 0.2) is 36.4 Å². The monoisotopic (exact) mass is 370 g/mol. The smallest absolute Gasteiger partial charge is 0.258 e. The molecule has 2 rings (SSSR count). The van der Waals surface area contributed by atoms with Crippen LogP contribution in [0.25, 0.3) is 0 Å². The van der Waals surface area contributed by atoms with E-state index in [1.807, 2.05) is 32.0 Å². The lowest BCUT2D eigenvalue weighted by Gasteiger charge is -2.24. The Morgan fingerprint density at radius 3 is 2.15 bits per heavy atom. The number of amides is 2. The third kappa shape index (κ3) is 4.58. The molecule has 0 atom stereocenters. The first kappa shape index (κ1) is 20.3. The Morgan fingerprint density at radius 1 is 1.00 bits per heavy atom. The van der Waals surface area contributed by atoms with Crippen molar-refractivity contribution in [2.24, 2.45) is 0 Å². The quantitative estimate of drug-likeness (QED) is 0.813. The maximum absolute atomic E-state index is 12.6. The number of aryl methyl sites for hydroxylation is 1. The van der Waals surface area contributed by atoms with Crippen molar-refractivity contribution in [2.45, 2.75) is 20.8 Å². The van der Waals surface area contributed by atoms with Gasteiger partial charge in [-0.3, -0.25) is 9.59 Å². The number of anilines is 1. The van der Waals surface area contributed by atoms with E-state index in [2.05, 4.69) is 5.32 Å². The third-order valence-corrected chi connectivity index (χ3v) is 4.52. The number of ether oxygens (including phenoxy) is 2. The van der Waals surface area contributed by atoms with Gasteiger partial charge in [0.2, 0.25) is 5.91 Å². The summed E-state index contributed by atoms with van der Waals surface area (Å²) in [5, 5.41) is 2.84. The number of hydrogen-bond acceptors (Lipinski definition) is 4. The first-order chi connectivity index (χ1) is 12.9. The molecule has 144 valence electrons. The summed E-state index contributed by atoms with van der Waals surface area (Å²) in [5.41, 5.74) is 3.35. The maximum atomic E-state index is 12.6. The van der Waals surface area contributed by atoms with Gasteiger partial charge in [-0.2, -0.15) is 0 Å². The summed E-state index contributed by atoms with van der Waals surface area (Å²) in [4.78, 5) is 26.4. The number of nitrogens with zero attached hydrogens (tertiary/aromatic N) is 1. The van der Waals surface area contributed by atoms with E-state index in [1.54, 1.807) is 23.1 Å². The summed E-state index contributed by atoms with van der Waals surface area (Å²) in [6.07, 6.45) is 0. The molecule has 27 heavy (non-hydrogen) atoms. The molecule has 0 aliphatic heterocycles. The lowest BCUT2D eigenvalue weighted by Crippen LogP contribution is -2.38. The summed E-state index contributed by atoms with van der Waals surface area (Å²) >= 11 is 0. The van der Waals surface area contributed by atoms with Gasteiger partial charge in [0.05, 0.1) is 14.2 Å². The second kappa shape index (κ2) is 9.07. The van der Waals surface area contributed by atoms with Gasteiger partial charge in [0, 0.05) is 25.7 Å². The second-order valence-electron chi connectivity index (χ2n) is 6.18. The maximum Gasteiger partial charge on any atom is 0.258 e. The summed E-state index contributed by atoms with van der Waals surface area (Å²) < 4.78 is 10.5. The average molecular weight is 370 g/mol. The van der Waals surface area contributed by atoms with Gasteiger partial charge in [0.25, 0.3) is 5.91 Å². The van der Waals surface area contributed by atoms with Crippen LogP contribution < -0.4 is 19.7 Å². The first-order valence-corrected chi connectivity index (χ1v) is 8.74. The van der Waals surface area contributed by atoms with E-state index in [4.69, 9.17) is 9.47 Å². The highest BCUT2D eigenvalue weighted by Crippen LogP contribution is 2.28. The molecule has 0 aliphatic rings. The zero-order valence-corrected chi connectivity index (χ0v) is 16.5. The second-order valence-corrected chi connectivity index (χ2v) is 6.18. The number of carbonyl (C=O) groups is 2. The van der Waals surface area contributed by atoms with Crippen molar-refractivity contribution in [3.8, 4) is 11.5 Å². The topological polar surface area (TPSA) is 67.9 Å². The van der Waals surface area contributed by atoms with Crippen molar-refractivity contribution >= 4 is 17.5 Å². The van der Waals surface area contributed by atoms with Crippen molar-refractivity contribution < 1.29 is 19.1 Å². The molecule has 0 bridgehead atoms. The minimum atomic E-state index is -0.311. The van der Waals surface area contributed by atoms with Crippen LogP contribution in [0.4, 0.5) is 5.69 Å². The summed E-state index contributed by atoms with van der Waals surface area (Å²) in [6.45, 7) is 6.18. The van der Waals surface area contributed by atoms with Gasteiger partial charge in [-0.05, 0) is 43.2 Å². The molecule has 0 saturated carbocycles. The Morgan fingerprint density at radius 2 is 1.59 bits per heavy atom. The number of hydrogen-bond donors (Lipinski definition) is 1. The molecule has 0 saturated heterocycles. The lowest BCUT2D eigenvalue weighted by atomic mass is 10.1. The number of benzene rings is 2. The molecule has 2 amide bonds. The van der Waals surface area contributed by atoms with E-state index in [9.17, 15) is 9.59 Å². The summed E-state index contributed by atoms with van der Waals surface area (Å²) in [5.74, 6) is 0.483. The number of carbonyl (C=O) groups excluding carboxylic acids is 2. The van der Waals surface area contributed by atoms with Crippen molar-refractivity contribution in [2.75, 3.05) is 32.2 Å². The fourth-order valence-corrected chi connectivity index (χ4v) is 2.92. The van der Waals surface area contributed by atoms with E-state index in [0.717, 1.165) is 16.8 Å².